The summed E-state index contributed by atoms with van der Waals surface area (Å²) in [5, 5.41) is 9.63. The van der Waals surface area contributed by atoms with Crippen molar-refractivity contribution in [3.05, 3.63) is 70.8 Å². The second kappa shape index (κ2) is 8.48. The number of nitrogens with zero attached hydrogens (tertiary/aromatic N) is 1. The zero-order valence-electron chi connectivity index (χ0n) is 18.4. The van der Waals surface area contributed by atoms with Crippen LogP contribution in [-0.2, 0) is 22.6 Å². The molecule has 1 aliphatic rings. The quantitative estimate of drug-likeness (QED) is 0.636. The first-order chi connectivity index (χ1) is 15.3. The van der Waals surface area contributed by atoms with Gasteiger partial charge in [-0.05, 0) is 65.4 Å². The molecule has 3 N–H and O–H groups in total. The van der Waals surface area contributed by atoms with E-state index in [4.69, 9.17) is 10.5 Å². The van der Waals surface area contributed by atoms with Crippen LogP contribution >= 0.6 is 0 Å². The monoisotopic (exact) mass is 430 g/mol. The van der Waals surface area contributed by atoms with Gasteiger partial charge in [0.2, 0.25) is 5.91 Å². The summed E-state index contributed by atoms with van der Waals surface area (Å²) in [6.45, 7) is 4.12. The van der Waals surface area contributed by atoms with E-state index in [1.807, 2.05) is 62.4 Å². The average molecular weight is 431 g/mol. The van der Waals surface area contributed by atoms with Gasteiger partial charge in [0.25, 0.3) is 0 Å². The van der Waals surface area contributed by atoms with Crippen molar-refractivity contribution in [2.75, 3.05) is 18.6 Å². The smallest absolute Gasteiger partial charge is 0.307 e. The van der Waals surface area contributed by atoms with Crippen molar-refractivity contribution in [1.82, 2.24) is 0 Å². The Labute approximate surface area is 187 Å². The maximum absolute atomic E-state index is 12.8. The first-order valence-corrected chi connectivity index (χ1v) is 10.5. The number of aryl methyl sites for hydroxylation is 1. The van der Waals surface area contributed by atoms with Gasteiger partial charge in [-0.3, -0.25) is 9.59 Å². The molecule has 3 aromatic rings. The van der Waals surface area contributed by atoms with Gasteiger partial charge in [-0.2, -0.15) is 0 Å². The van der Waals surface area contributed by atoms with Crippen molar-refractivity contribution < 1.29 is 19.4 Å². The summed E-state index contributed by atoms with van der Waals surface area (Å²) in [5.74, 6) is -0.420. The normalized spacial score (nSPS) is 12.2. The van der Waals surface area contributed by atoms with E-state index in [2.05, 4.69) is 0 Å². The van der Waals surface area contributed by atoms with Crippen LogP contribution in [0.4, 0.5) is 5.69 Å². The molecule has 0 fully saturated rings. The van der Waals surface area contributed by atoms with Gasteiger partial charge in [0.05, 0.1) is 32.3 Å². The minimum absolute atomic E-state index is 0.133. The van der Waals surface area contributed by atoms with Gasteiger partial charge in [0.1, 0.15) is 5.75 Å². The van der Waals surface area contributed by atoms with Gasteiger partial charge in [-0.1, -0.05) is 35.9 Å². The van der Waals surface area contributed by atoms with Crippen LogP contribution in [0.3, 0.4) is 0 Å². The van der Waals surface area contributed by atoms with Crippen LogP contribution < -0.4 is 15.4 Å². The number of carbonyl (C=O) groups is 2. The van der Waals surface area contributed by atoms with Gasteiger partial charge in [-0.25, -0.2) is 0 Å². The highest BCUT2D eigenvalue weighted by atomic mass is 16.5. The first-order valence-electron chi connectivity index (χ1n) is 10.5. The van der Waals surface area contributed by atoms with E-state index >= 15 is 0 Å². The van der Waals surface area contributed by atoms with Crippen molar-refractivity contribution in [2.45, 2.75) is 26.8 Å². The number of fused-ring (bicyclic) bond motifs is 3. The third-order valence-electron chi connectivity index (χ3n) is 6.04. The minimum atomic E-state index is -0.918. The van der Waals surface area contributed by atoms with E-state index < -0.39 is 5.97 Å². The Morgan fingerprint density at radius 3 is 2.38 bits per heavy atom. The van der Waals surface area contributed by atoms with Crippen LogP contribution in [0, 0.1) is 13.8 Å². The van der Waals surface area contributed by atoms with E-state index in [0.717, 1.165) is 44.6 Å². The maximum atomic E-state index is 12.8. The standard InChI is InChI=1S/C26H26N2O4/c1-15-4-6-17(7-5-15)22-11-23-20-9-8-19(32-3)10-18(20)14-28(24(29)13-27)26(23)16(2)21(22)12-25(30)31/h4-11H,12-14,27H2,1-3H3,(H,30,31). The van der Waals surface area contributed by atoms with Crippen molar-refractivity contribution in [2.24, 2.45) is 5.73 Å². The Balaban J connectivity index is 2.05. The molecule has 0 bridgehead atoms. The summed E-state index contributed by atoms with van der Waals surface area (Å²) >= 11 is 0. The van der Waals surface area contributed by atoms with E-state index in [9.17, 15) is 14.7 Å². The number of amides is 1. The summed E-state index contributed by atoms with van der Waals surface area (Å²) in [6.07, 6.45) is -0.136. The summed E-state index contributed by atoms with van der Waals surface area (Å²) in [6, 6.07) is 15.9. The van der Waals surface area contributed by atoms with Gasteiger partial charge < -0.3 is 20.5 Å². The highest BCUT2D eigenvalue weighted by molar-refractivity contribution is 6.04. The number of nitrogens with two attached hydrogens (primary N) is 1. The molecule has 0 saturated heterocycles. The number of rotatable bonds is 5. The molecular formula is C26H26N2O4. The number of anilines is 1. The second-order valence-electron chi connectivity index (χ2n) is 8.07. The summed E-state index contributed by atoms with van der Waals surface area (Å²) < 4.78 is 5.39. The summed E-state index contributed by atoms with van der Waals surface area (Å²) in [5.41, 5.74) is 13.7. The number of ether oxygens (including phenoxy) is 1. The number of aliphatic carboxylic acids is 1. The molecule has 4 rings (SSSR count). The Hall–Kier alpha value is -3.64. The lowest BCUT2D eigenvalue weighted by molar-refractivity contribution is -0.136. The minimum Gasteiger partial charge on any atom is -0.497 e. The molecule has 164 valence electrons. The molecule has 3 aromatic carbocycles. The molecule has 6 nitrogen and oxygen atoms in total. The van der Waals surface area contributed by atoms with Crippen molar-refractivity contribution in [1.29, 1.82) is 0 Å². The van der Waals surface area contributed by atoms with E-state index in [-0.39, 0.29) is 18.9 Å². The maximum Gasteiger partial charge on any atom is 0.307 e. The Bertz CT molecular complexity index is 1220. The Morgan fingerprint density at radius 1 is 1.03 bits per heavy atom. The van der Waals surface area contributed by atoms with Crippen LogP contribution in [0.2, 0.25) is 0 Å². The van der Waals surface area contributed by atoms with Crippen LogP contribution in [0.1, 0.15) is 22.3 Å². The number of carbonyl (C=O) groups excluding carboxylic acids is 1. The largest absolute Gasteiger partial charge is 0.497 e. The highest BCUT2D eigenvalue weighted by Gasteiger charge is 2.30. The van der Waals surface area contributed by atoms with Gasteiger partial charge in [-0.15, -0.1) is 0 Å². The topological polar surface area (TPSA) is 92.9 Å². The molecule has 1 amide bonds. The molecule has 0 saturated carbocycles. The molecule has 32 heavy (non-hydrogen) atoms. The predicted octanol–water partition coefficient (Wildman–Crippen LogP) is 4.08. The lowest BCUT2D eigenvalue weighted by Gasteiger charge is -2.34. The zero-order valence-corrected chi connectivity index (χ0v) is 18.4. The first kappa shape index (κ1) is 21.6. The number of methoxy groups -OCH3 is 1. The van der Waals surface area contributed by atoms with E-state index in [0.29, 0.717) is 17.9 Å². The fourth-order valence-corrected chi connectivity index (χ4v) is 4.43. The number of carboxylic acids is 1. The Morgan fingerprint density at radius 2 is 1.75 bits per heavy atom. The average Bonchev–Trinajstić information content (AvgIpc) is 2.79. The third-order valence-corrected chi connectivity index (χ3v) is 6.04. The molecule has 0 radical (unpaired) electrons. The number of hydrogen-bond acceptors (Lipinski definition) is 4. The molecule has 1 aliphatic heterocycles. The molecule has 0 aromatic heterocycles. The Kier molecular flexibility index (Phi) is 5.72. The van der Waals surface area contributed by atoms with Crippen molar-refractivity contribution in [3.8, 4) is 28.0 Å². The molecule has 6 heteroatoms. The van der Waals surface area contributed by atoms with Gasteiger partial charge in [0, 0.05) is 5.56 Å². The molecule has 0 unspecified atom stereocenters. The predicted molar refractivity (Wildman–Crippen MR) is 125 cm³/mol. The lowest BCUT2D eigenvalue weighted by Crippen LogP contribution is -2.38. The molecule has 0 aliphatic carbocycles. The fraction of sp³-hybridized carbons (Fsp3) is 0.231. The summed E-state index contributed by atoms with van der Waals surface area (Å²) in [7, 11) is 1.61. The molecule has 1 heterocycles. The number of hydrogen-bond donors (Lipinski definition) is 2. The van der Waals surface area contributed by atoms with Crippen molar-refractivity contribution >= 4 is 17.6 Å². The van der Waals surface area contributed by atoms with Gasteiger partial charge >= 0.3 is 5.97 Å². The van der Waals surface area contributed by atoms with Gasteiger partial charge in [0.15, 0.2) is 0 Å². The zero-order chi connectivity index (χ0) is 23.0. The van der Waals surface area contributed by atoms with Crippen molar-refractivity contribution in [3.63, 3.8) is 0 Å². The fourth-order valence-electron chi connectivity index (χ4n) is 4.43. The summed E-state index contributed by atoms with van der Waals surface area (Å²) in [4.78, 5) is 26.2. The third kappa shape index (κ3) is 3.74. The number of carboxylic acid groups (broad SMARTS) is 1. The van der Waals surface area contributed by atoms with Crippen LogP contribution in [0.25, 0.3) is 22.3 Å². The lowest BCUT2D eigenvalue weighted by atomic mass is 9.84. The SMILES string of the molecule is COc1ccc2c(c1)CN(C(=O)CN)c1c-2cc(-c2ccc(C)cc2)c(CC(=O)O)c1C. The van der Waals surface area contributed by atoms with E-state index in [1.54, 1.807) is 12.0 Å². The highest BCUT2D eigenvalue weighted by Crippen LogP contribution is 2.46. The van der Waals surface area contributed by atoms with Crippen LogP contribution in [-0.4, -0.2) is 30.6 Å². The van der Waals surface area contributed by atoms with Crippen LogP contribution in [0.15, 0.2) is 48.5 Å². The molecular weight excluding hydrogens is 404 g/mol. The van der Waals surface area contributed by atoms with E-state index in [1.165, 1.54) is 0 Å². The van der Waals surface area contributed by atoms with Crippen LogP contribution in [0.5, 0.6) is 5.75 Å². The number of benzene rings is 3. The molecule has 0 atom stereocenters. The molecule has 0 spiro atoms. The second-order valence-corrected chi connectivity index (χ2v) is 8.07.